The Kier molecular flexibility index (Phi) is 12.4. The largest absolute Gasteiger partial charge is 0.444 e. The molecule has 2 aromatic rings. The number of likely N-dealkylation sites (N-methyl/N-ethyl adjacent to an activating group) is 1. The normalized spacial score (nSPS) is 16.8. The second-order valence-electron chi connectivity index (χ2n) is 13.7. The number of hydrogen-bond acceptors (Lipinski definition) is 7. The van der Waals surface area contributed by atoms with Crippen molar-refractivity contribution in [1.29, 1.82) is 0 Å². The third-order valence-electron chi connectivity index (χ3n) is 8.21. The molecule has 1 aromatic carbocycles. The van der Waals surface area contributed by atoms with Gasteiger partial charge in [-0.3, -0.25) is 9.69 Å². The molecule has 0 radical (unpaired) electrons. The van der Waals surface area contributed by atoms with Gasteiger partial charge in [-0.05, 0) is 70.9 Å². The summed E-state index contributed by atoms with van der Waals surface area (Å²) in [7, 11) is -2.41. The van der Waals surface area contributed by atoms with Crippen molar-refractivity contribution < 1.29 is 27.9 Å². The lowest BCUT2D eigenvalue weighted by Crippen LogP contribution is -2.54. The number of aliphatic hydroxyl groups excluding tert-OH is 1. The van der Waals surface area contributed by atoms with Crippen LogP contribution in [0.15, 0.2) is 41.7 Å². The summed E-state index contributed by atoms with van der Waals surface area (Å²) < 4.78 is 33.0. The Balaban J connectivity index is 1.88. The quantitative estimate of drug-likeness (QED) is 0.300. The third-order valence-corrected chi connectivity index (χ3v) is 9.83. The number of ether oxygens (including phenoxy) is 1. The molecule has 0 bridgehead atoms. The summed E-state index contributed by atoms with van der Waals surface area (Å²) in [6.07, 6.45) is 8.79. The molecule has 2 amide bonds. The molecule has 2 N–H and O–H groups in total. The van der Waals surface area contributed by atoms with E-state index in [1.165, 1.54) is 43.0 Å². The molecule has 10 nitrogen and oxygen atoms in total. The highest BCUT2D eigenvalue weighted by atomic mass is 32.2. The first-order chi connectivity index (χ1) is 20.6. The van der Waals surface area contributed by atoms with Gasteiger partial charge in [-0.15, -0.1) is 0 Å². The summed E-state index contributed by atoms with van der Waals surface area (Å²) in [5.41, 5.74) is 0.470. The second kappa shape index (κ2) is 15.4. The molecule has 1 saturated carbocycles. The average molecular weight is 633 g/mol. The third kappa shape index (κ3) is 10.3. The molecule has 1 aliphatic rings. The number of carbonyl (C=O) groups is 2. The topological polar surface area (TPSA) is 131 Å². The summed E-state index contributed by atoms with van der Waals surface area (Å²) >= 11 is 0. The highest BCUT2D eigenvalue weighted by Crippen LogP contribution is 2.29. The second-order valence-corrected chi connectivity index (χ2v) is 15.6. The fraction of sp³-hybridized carbons (Fsp3) is 0.667. The van der Waals surface area contributed by atoms with E-state index in [0.29, 0.717) is 30.4 Å². The Morgan fingerprint density at radius 3 is 2.34 bits per heavy atom. The number of imidazole rings is 1. The van der Waals surface area contributed by atoms with E-state index in [2.05, 4.69) is 24.1 Å². The van der Waals surface area contributed by atoms with Gasteiger partial charge in [0.15, 0.2) is 0 Å². The Morgan fingerprint density at radius 2 is 1.75 bits per heavy atom. The van der Waals surface area contributed by atoms with Crippen LogP contribution in [0.5, 0.6) is 0 Å². The van der Waals surface area contributed by atoms with E-state index in [0.717, 1.165) is 41.6 Å². The van der Waals surface area contributed by atoms with Gasteiger partial charge in [-0.2, -0.15) is 0 Å². The number of nitrogens with zero attached hydrogens (tertiary/aromatic N) is 3. The molecule has 1 fully saturated rings. The molecular weight excluding hydrogens is 580 g/mol. The maximum atomic E-state index is 14.0. The highest BCUT2D eigenvalue weighted by Gasteiger charge is 2.34. The zero-order chi connectivity index (χ0) is 32.7. The molecule has 44 heavy (non-hydrogen) atoms. The lowest BCUT2D eigenvalue weighted by atomic mass is 9.83. The summed E-state index contributed by atoms with van der Waals surface area (Å²) in [4.78, 5) is 32.8. The molecule has 0 unspecified atom stereocenters. The van der Waals surface area contributed by atoms with E-state index in [-0.39, 0.29) is 11.3 Å². The van der Waals surface area contributed by atoms with E-state index in [4.69, 9.17) is 4.74 Å². The van der Waals surface area contributed by atoms with E-state index in [1.54, 1.807) is 32.9 Å². The maximum absolute atomic E-state index is 14.0. The van der Waals surface area contributed by atoms with Gasteiger partial charge >= 0.3 is 6.09 Å². The van der Waals surface area contributed by atoms with Gasteiger partial charge in [0.1, 0.15) is 18.0 Å². The highest BCUT2D eigenvalue weighted by molar-refractivity contribution is 7.90. The van der Waals surface area contributed by atoms with Gasteiger partial charge in [0, 0.05) is 19.7 Å². The first-order valence-electron chi connectivity index (χ1n) is 15.9. The van der Waals surface area contributed by atoms with Crippen LogP contribution in [0.2, 0.25) is 0 Å². The first-order valence-corrected chi connectivity index (χ1v) is 17.3. The number of amides is 2. The summed E-state index contributed by atoms with van der Waals surface area (Å²) in [5.74, 6) is 0.374. The number of aromatic nitrogens is 2. The van der Waals surface area contributed by atoms with Crippen LogP contribution in [0, 0.1) is 18.8 Å². The van der Waals surface area contributed by atoms with Crippen LogP contribution >= 0.6 is 0 Å². The minimum absolute atomic E-state index is 0.0454. The Labute approximate surface area is 263 Å². The number of rotatable bonds is 13. The number of carbonyl (C=O) groups excluding carboxylic acids is 2. The Hall–Kier alpha value is -2.92. The lowest BCUT2D eigenvalue weighted by Gasteiger charge is -2.34. The summed E-state index contributed by atoms with van der Waals surface area (Å²) in [6, 6.07) is 4.99. The van der Waals surface area contributed by atoms with Crippen molar-refractivity contribution in [3.8, 4) is 0 Å². The number of benzene rings is 1. The van der Waals surface area contributed by atoms with E-state index in [9.17, 15) is 23.1 Å². The molecule has 11 heteroatoms. The zero-order valence-corrected chi connectivity index (χ0v) is 28.3. The van der Waals surface area contributed by atoms with Crippen LogP contribution in [0.3, 0.4) is 0 Å². The van der Waals surface area contributed by atoms with E-state index >= 15 is 0 Å². The van der Waals surface area contributed by atoms with Gasteiger partial charge in [-0.25, -0.2) is 22.2 Å². The zero-order valence-electron chi connectivity index (χ0n) is 27.5. The van der Waals surface area contributed by atoms with Crippen LogP contribution in [0.25, 0.3) is 0 Å². The van der Waals surface area contributed by atoms with Gasteiger partial charge in [0.05, 0.1) is 22.7 Å². The smallest absolute Gasteiger partial charge is 0.410 e. The SMILES string of the molecule is Cc1ccc(S(=O)(=O)n2cnc(C[C@@H](C(=O)N[C@@H](CC3CCCCC3)[C@@H](O)CCC(C)C)N(C)C(=O)OC(C)(C)C)c2)cc1. The average Bonchev–Trinajstić information content (AvgIpc) is 3.43. The van der Waals surface area contributed by atoms with Crippen molar-refractivity contribution in [1.82, 2.24) is 19.2 Å². The van der Waals surface area contributed by atoms with Crippen LogP contribution in [-0.4, -0.2) is 70.2 Å². The van der Waals surface area contributed by atoms with Crippen molar-refractivity contribution >= 4 is 22.0 Å². The van der Waals surface area contributed by atoms with Crippen molar-refractivity contribution in [3.05, 3.63) is 48.0 Å². The van der Waals surface area contributed by atoms with Crippen LogP contribution < -0.4 is 5.32 Å². The fourth-order valence-electron chi connectivity index (χ4n) is 5.56. The molecule has 3 atom stereocenters. The Bertz CT molecular complexity index is 1330. The number of aliphatic hydroxyl groups is 1. The monoisotopic (exact) mass is 632 g/mol. The molecule has 3 rings (SSSR count). The van der Waals surface area contributed by atoms with Gasteiger partial charge < -0.3 is 15.2 Å². The van der Waals surface area contributed by atoms with Crippen LogP contribution in [-0.2, 0) is 26.0 Å². The minimum atomic E-state index is -3.90. The van der Waals surface area contributed by atoms with Gasteiger partial charge in [0.25, 0.3) is 10.0 Å². The summed E-state index contributed by atoms with van der Waals surface area (Å²) in [6.45, 7) is 11.3. The number of hydrogen-bond donors (Lipinski definition) is 2. The molecule has 0 spiro atoms. The van der Waals surface area contributed by atoms with Gasteiger partial charge in [-0.1, -0.05) is 63.6 Å². The van der Waals surface area contributed by atoms with Crippen molar-refractivity contribution in [2.75, 3.05) is 7.05 Å². The van der Waals surface area contributed by atoms with Crippen molar-refractivity contribution in [2.24, 2.45) is 11.8 Å². The first kappa shape index (κ1) is 35.6. The molecule has 1 aliphatic carbocycles. The van der Waals surface area contributed by atoms with E-state index in [1.807, 2.05) is 6.92 Å². The molecular formula is C33H52N4O6S. The van der Waals surface area contributed by atoms with E-state index < -0.39 is 45.8 Å². The number of nitrogens with one attached hydrogen (secondary N) is 1. The maximum Gasteiger partial charge on any atom is 0.410 e. The van der Waals surface area contributed by atoms with Gasteiger partial charge in [0.2, 0.25) is 5.91 Å². The molecule has 1 aromatic heterocycles. The standard InChI is InChI=1S/C33H52N4O6S/c1-23(2)13-18-30(38)28(19-25-11-9-8-10-12-25)35-31(39)29(36(7)32(40)43-33(4,5)6)20-26-21-37(22-34-26)44(41,42)27-16-14-24(3)15-17-27/h14-17,21-23,25,28-30,38H,8-13,18-20H2,1-7H3,(H,35,39)/t28-,29-,30-/m0/s1. The molecule has 0 aliphatic heterocycles. The predicted molar refractivity (Wildman–Crippen MR) is 171 cm³/mol. The molecule has 0 saturated heterocycles. The Morgan fingerprint density at radius 1 is 1.11 bits per heavy atom. The van der Waals surface area contributed by atoms with Crippen molar-refractivity contribution in [3.63, 3.8) is 0 Å². The van der Waals surface area contributed by atoms with Crippen LogP contribution in [0.4, 0.5) is 4.79 Å². The molecule has 1 heterocycles. The van der Waals surface area contributed by atoms with Crippen LogP contribution in [0.1, 0.15) is 97.2 Å². The lowest BCUT2D eigenvalue weighted by molar-refractivity contribution is -0.127. The molecule has 246 valence electrons. The predicted octanol–water partition coefficient (Wildman–Crippen LogP) is 5.46. The minimum Gasteiger partial charge on any atom is -0.444 e. The fourth-order valence-corrected chi connectivity index (χ4v) is 6.71. The number of aryl methyl sites for hydroxylation is 1. The van der Waals surface area contributed by atoms with Crippen molar-refractivity contribution in [2.45, 2.75) is 128 Å². The summed E-state index contributed by atoms with van der Waals surface area (Å²) in [5, 5.41) is 14.3.